The summed E-state index contributed by atoms with van der Waals surface area (Å²) in [6, 6.07) is 14.6. The molecule has 6 nitrogen and oxygen atoms in total. The fraction of sp³-hybridized carbons (Fsp3) is 0.485. The van der Waals surface area contributed by atoms with Crippen LogP contribution in [0.4, 0.5) is 5.69 Å². The number of rotatable bonds is 8. The van der Waals surface area contributed by atoms with Gasteiger partial charge in [-0.2, -0.15) is 0 Å². The quantitative estimate of drug-likeness (QED) is 0.295. The van der Waals surface area contributed by atoms with Crippen molar-refractivity contribution in [3.63, 3.8) is 0 Å². The minimum atomic E-state index is -0.292. The van der Waals surface area contributed by atoms with Crippen LogP contribution in [0.15, 0.2) is 48.7 Å². The zero-order valence-electron chi connectivity index (χ0n) is 23.8. The van der Waals surface area contributed by atoms with Gasteiger partial charge in [-0.1, -0.05) is 24.3 Å². The molecule has 2 aliphatic rings. The first kappa shape index (κ1) is 28.5. The Hall–Kier alpha value is -3.03. The van der Waals surface area contributed by atoms with Gasteiger partial charge in [-0.3, -0.25) is 9.59 Å². The first-order chi connectivity index (χ1) is 19.3. The van der Waals surface area contributed by atoms with E-state index in [1.54, 1.807) is 13.3 Å². The number of nitrogens with zero attached hydrogens (tertiary/aromatic N) is 2. The Labute approximate surface area is 241 Å². The lowest BCUT2D eigenvalue weighted by Gasteiger charge is -2.36. The smallest absolute Gasteiger partial charge is 0.230 e. The van der Waals surface area contributed by atoms with E-state index in [2.05, 4.69) is 36.2 Å². The van der Waals surface area contributed by atoms with Crippen LogP contribution in [-0.2, 0) is 4.79 Å². The molecule has 0 atom stereocenters. The molecule has 0 spiro atoms. The van der Waals surface area contributed by atoms with Crippen LogP contribution in [0, 0.1) is 18.8 Å². The number of benzene rings is 2. The van der Waals surface area contributed by atoms with Gasteiger partial charge >= 0.3 is 0 Å². The van der Waals surface area contributed by atoms with E-state index in [9.17, 15) is 14.7 Å². The van der Waals surface area contributed by atoms with E-state index >= 15 is 0 Å². The number of hydrogen-bond acceptors (Lipinski definition) is 6. The predicted octanol–water partition coefficient (Wildman–Crippen LogP) is 7.19. The zero-order valence-corrected chi connectivity index (χ0v) is 24.6. The largest absolute Gasteiger partial charge is 0.496 e. The number of aromatic nitrogens is 1. The lowest BCUT2D eigenvalue weighted by Crippen LogP contribution is -2.41. The summed E-state index contributed by atoms with van der Waals surface area (Å²) in [4.78, 5) is 33.0. The summed E-state index contributed by atoms with van der Waals surface area (Å²) < 4.78 is 5.45. The second-order valence-corrected chi connectivity index (χ2v) is 12.6. The number of aliphatic hydroxyl groups is 1. The number of thiazole rings is 1. The van der Waals surface area contributed by atoms with Gasteiger partial charge in [0.05, 0.1) is 18.1 Å². The molecule has 1 aromatic heterocycles. The highest BCUT2D eigenvalue weighted by atomic mass is 32.1. The first-order valence-electron chi connectivity index (χ1n) is 14.5. The number of carbonyl (C=O) groups is 2. The molecule has 0 unspecified atom stereocenters. The van der Waals surface area contributed by atoms with Crippen LogP contribution < -0.4 is 9.64 Å². The van der Waals surface area contributed by atoms with E-state index in [1.165, 1.54) is 29.4 Å². The van der Waals surface area contributed by atoms with E-state index < -0.39 is 0 Å². The van der Waals surface area contributed by atoms with Crippen LogP contribution in [0.25, 0.3) is 10.4 Å². The molecular weight excluding hydrogens is 520 g/mol. The highest BCUT2D eigenvalue weighted by Crippen LogP contribution is 2.39. The van der Waals surface area contributed by atoms with E-state index in [4.69, 9.17) is 4.74 Å². The molecule has 0 saturated heterocycles. The summed E-state index contributed by atoms with van der Waals surface area (Å²) in [7, 11) is 1.71. The molecule has 5 rings (SSSR count). The van der Waals surface area contributed by atoms with Gasteiger partial charge in [-0.25, -0.2) is 4.98 Å². The molecule has 212 valence electrons. The third kappa shape index (κ3) is 6.47. The Morgan fingerprint density at radius 2 is 1.77 bits per heavy atom. The summed E-state index contributed by atoms with van der Waals surface area (Å²) in [6.07, 6.45) is 8.69. The topological polar surface area (TPSA) is 79.7 Å². The second-order valence-electron chi connectivity index (χ2n) is 11.5. The van der Waals surface area contributed by atoms with E-state index in [0.717, 1.165) is 60.4 Å². The van der Waals surface area contributed by atoms with Crippen LogP contribution in [0.1, 0.15) is 85.1 Å². The van der Waals surface area contributed by atoms with Gasteiger partial charge in [-0.05, 0) is 105 Å². The molecule has 2 fully saturated rings. The maximum atomic E-state index is 14.0. The highest BCUT2D eigenvalue weighted by molar-refractivity contribution is 7.17. The number of Topliss-reactive ketones (excluding diaryl/α,β-unsaturated/α-hetero) is 1. The molecule has 2 aromatic carbocycles. The van der Waals surface area contributed by atoms with Crippen molar-refractivity contribution >= 4 is 28.7 Å². The van der Waals surface area contributed by atoms with Crippen molar-refractivity contribution in [2.75, 3.05) is 18.6 Å². The third-order valence-electron chi connectivity index (χ3n) is 8.74. The molecule has 0 aliphatic heterocycles. The average Bonchev–Trinajstić information content (AvgIpc) is 3.47. The number of anilines is 1. The molecule has 1 N–H and O–H groups in total. The highest BCUT2D eigenvalue weighted by Gasteiger charge is 2.32. The molecule has 2 saturated carbocycles. The van der Waals surface area contributed by atoms with Gasteiger partial charge in [0.15, 0.2) is 10.8 Å². The van der Waals surface area contributed by atoms with Crippen LogP contribution in [-0.4, -0.2) is 41.5 Å². The Bertz CT molecular complexity index is 1340. The number of aliphatic hydroxyl groups excluding tert-OH is 1. The Morgan fingerprint density at radius 3 is 2.42 bits per heavy atom. The number of ketones is 1. The minimum Gasteiger partial charge on any atom is -0.496 e. The maximum Gasteiger partial charge on any atom is 0.230 e. The van der Waals surface area contributed by atoms with Crippen molar-refractivity contribution in [1.29, 1.82) is 0 Å². The molecule has 2 aliphatic carbocycles. The van der Waals surface area contributed by atoms with E-state index in [0.29, 0.717) is 36.2 Å². The summed E-state index contributed by atoms with van der Waals surface area (Å²) in [5, 5.41) is 10.5. The Morgan fingerprint density at radius 1 is 1.02 bits per heavy atom. The first-order valence-corrected chi connectivity index (χ1v) is 15.3. The molecular formula is C33H40N2O4S. The standard InChI is InChI=1S/C33H40N2O4S/c1-21-17-26(13-16-30(21)39-3)24-9-7-23(8-10-24)20-35(33(38)25-11-14-29(37)15-12-25)28-6-4-5-27(18-28)31-19-34-32(40-31)22(2)36/h4-6,13,16-19,23-25,29,37H,7-12,14-15,20H2,1-3H3/t23-,24-,25-,29-. The van der Waals surface area contributed by atoms with E-state index in [-0.39, 0.29) is 23.7 Å². The van der Waals surface area contributed by atoms with Crippen molar-refractivity contribution in [2.45, 2.75) is 77.2 Å². The van der Waals surface area contributed by atoms with Crippen molar-refractivity contribution < 1.29 is 19.4 Å². The van der Waals surface area contributed by atoms with Crippen LogP contribution in [0.3, 0.4) is 0 Å². The summed E-state index contributed by atoms with van der Waals surface area (Å²) in [6.45, 7) is 4.34. The molecule has 40 heavy (non-hydrogen) atoms. The third-order valence-corrected chi connectivity index (χ3v) is 9.89. The SMILES string of the molecule is COc1ccc([C@H]2CC[C@H](CN(c3cccc(-c4cnc(C(C)=O)s4)c3)C(=O)[C@H]3CC[C@H](O)CC3)CC2)cc1C. The van der Waals surface area contributed by atoms with Gasteiger partial charge in [0.25, 0.3) is 0 Å². The minimum absolute atomic E-state index is 0.0379. The van der Waals surface area contributed by atoms with Gasteiger partial charge in [0.1, 0.15) is 5.75 Å². The van der Waals surface area contributed by atoms with Gasteiger partial charge < -0.3 is 14.7 Å². The Balaban J connectivity index is 1.34. The van der Waals surface area contributed by atoms with Gasteiger partial charge in [0.2, 0.25) is 5.91 Å². The van der Waals surface area contributed by atoms with Crippen molar-refractivity contribution in [3.8, 4) is 16.2 Å². The number of methoxy groups -OCH3 is 1. The van der Waals surface area contributed by atoms with E-state index in [1.807, 2.05) is 23.1 Å². The molecule has 1 heterocycles. The average molecular weight is 561 g/mol. The summed E-state index contributed by atoms with van der Waals surface area (Å²) in [5.74, 6) is 1.98. The number of amides is 1. The lowest BCUT2D eigenvalue weighted by atomic mass is 9.78. The maximum absolute atomic E-state index is 14.0. The Kier molecular flexibility index (Phi) is 9.01. The zero-order chi connectivity index (χ0) is 28.2. The molecule has 0 radical (unpaired) electrons. The number of carbonyl (C=O) groups excluding carboxylic acids is 2. The van der Waals surface area contributed by atoms with Crippen LogP contribution >= 0.6 is 11.3 Å². The predicted molar refractivity (Wildman–Crippen MR) is 160 cm³/mol. The molecule has 0 bridgehead atoms. The second kappa shape index (κ2) is 12.6. The molecule has 3 aromatic rings. The number of aryl methyl sites for hydroxylation is 1. The number of ether oxygens (including phenoxy) is 1. The number of hydrogen-bond donors (Lipinski definition) is 1. The van der Waals surface area contributed by atoms with Crippen LogP contribution in [0.2, 0.25) is 0 Å². The van der Waals surface area contributed by atoms with Crippen LogP contribution in [0.5, 0.6) is 5.75 Å². The normalized spacial score (nSPS) is 23.0. The van der Waals surface area contributed by atoms with Crippen molar-refractivity contribution in [1.82, 2.24) is 4.98 Å². The van der Waals surface area contributed by atoms with Gasteiger partial charge in [-0.15, -0.1) is 11.3 Å². The molecule has 7 heteroatoms. The fourth-order valence-electron chi connectivity index (χ4n) is 6.36. The van der Waals surface area contributed by atoms with Crippen molar-refractivity contribution in [3.05, 3.63) is 64.8 Å². The summed E-state index contributed by atoms with van der Waals surface area (Å²) in [5.41, 5.74) is 4.43. The monoisotopic (exact) mass is 560 g/mol. The van der Waals surface area contributed by atoms with Crippen molar-refractivity contribution in [2.24, 2.45) is 11.8 Å². The van der Waals surface area contributed by atoms with Gasteiger partial charge in [0, 0.05) is 31.3 Å². The summed E-state index contributed by atoms with van der Waals surface area (Å²) >= 11 is 1.39. The molecule has 1 amide bonds. The fourth-order valence-corrected chi connectivity index (χ4v) is 7.16. The lowest BCUT2D eigenvalue weighted by molar-refractivity contribution is -0.124.